The minimum absolute atomic E-state index is 0.104. The number of carbonyl (C=O) groups is 1. The van der Waals surface area contributed by atoms with E-state index in [4.69, 9.17) is 0 Å². The lowest BCUT2D eigenvalue weighted by Gasteiger charge is -2.23. The van der Waals surface area contributed by atoms with Crippen molar-refractivity contribution in [2.75, 3.05) is 11.0 Å². The molecule has 1 amide bonds. The molecule has 0 spiro atoms. The molecule has 0 aliphatic heterocycles. The molecule has 2 aliphatic carbocycles. The van der Waals surface area contributed by atoms with E-state index in [0.717, 1.165) is 18.6 Å². The zero-order chi connectivity index (χ0) is 15.9. The molecule has 22 heavy (non-hydrogen) atoms. The first-order chi connectivity index (χ1) is 10.3. The predicted molar refractivity (Wildman–Crippen MR) is 86.3 cm³/mol. The van der Waals surface area contributed by atoms with Crippen molar-refractivity contribution in [2.45, 2.75) is 38.6 Å². The molecule has 0 unspecified atom stereocenters. The van der Waals surface area contributed by atoms with Crippen molar-refractivity contribution in [2.24, 2.45) is 11.8 Å². The first-order valence-corrected chi connectivity index (χ1v) is 9.61. The molecule has 2 saturated carbocycles. The molecule has 0 aromatic heterocycles. The van der Waals surface area contributed by atoms with Crippen molar-refractivity contribution >= 4 is 21.6 Å². The average molecular weight is 322 g/mol. The van der Waals surface area contributed by atoms with Crippen molar-refractivity contribution in [1.82, 2.24) is 5.32 Å². The molecule has 0 radical (unpaired) electrons. The Hall–Kier alpha value is -1.56. The second-order valence-electron chi connectivity index (χ2n) is 6.61. The van der Waals surface area contributed by atoms with Crippen LogP contribution in [0.4, 0.5) is 5.69 Å². The van der Waals surface area contributed by atoms with E-state index in [-0.39, 0.29) is 11.9 Å². The van der Waals surface area contributed by atoms with Gasteiger partial charge in [0.1, 0.15) is 0 Å². The minimum atomic E-state index is -3.35. The Bertz CT molecular complexity index is 699. The molecule has 6 heteroatoms. The van der Waals surface area contributed by atoms with E-state index in [9.17, 15) is 13.2 Å². The standard InChI is InChI=1S/C16H22N2O3S/c1-10-13(4-3-5-14(10)18-22(2,20)21)16(19)17-15-9-11-6-7-12(15)8-11/h3-5,11-12,15,18H,6-9H2,1-2H3,(H,17,19)/t11-,12-,15-/m1/s1. The highest BCUT2D eigenvalue weighted by Gasteiger charge is 2.40. The van der Waals surface area contributed by atoms with Gasteiger partial charge in [0.15, 0.2) is 0 Å². The van der Waals surface area contributed by atoms with Crippen LogP contribution in [0.2, 0.25) is 0 Å². The Labute approximate surface area is 131 Å². The number of carbonyl (C=O) groups excluding carboxylic acids is 1. The summed E-state index contributed by atoms with van der Waals surface area (Å²) in [6, 6.07) is 5.39. The number of sulfonamides is 1. The monoisotopic (exact) mass is 322 g/mol. The molecule has 120 valence electrons. The smallest absolute Gasteiger partial charge is 0.251 e. The maximum absolute atomic E-state index is 12.5. The molecule has 0 heterocycles. The number of hydrogen-bond donors (Lipinski definition) is 2. The summed E-state index contributed by atoms with van der Waals surface area (Å²) in [5.74, 6) is 1.29. The number of fused-ring (bicyclic) bond motifs is 2. The molecule has 1 aromatic carbocycles. The summed E-state index contributed by atoms with van der Waals surface area (Å²) < 4.78 is 25.2. The molecule has 2 aliphatic rings. The lowest BCUT2D eigenvalue weighted by molar-refractivity contribution is 0.0922. The third kappa shape index (κ3) is 3.11. The van der Waals surface area contributed by atoms with Crippen LogP contribution in [0.15, 0.2) is 18.2 Å². The van der Waals surface area contributed by atoms with E-state index in [2.05, 4.69) is 10.0 Å². The number of anilines is 1. The quantitative estimate of drug-likeness (QED) is 0.893. The SMILES string of the molecule is Cc1c(NS(C)(=O)=O)cccc1C(=O)N[C@@H]1C[C@@H]2CC[C@@H]1C2. The van der Waals surface area contributed by atoms with Crippen LogP contribution in [0.25, 0.3) is 0 Å². The average Bonchev–Trinajstić information content (AvgIpc) is 3.02. The normalized spacial score (nSPS) is 26.9. The van der Waals surface area contributed by atoms with Crippen molar-refractivity contribution < 1.29 is 13.2 Å². The number of rotatable bonds is 4. The van der Waals surface area contributed by atoms with Gasteiger partial charge in [-0.25, -0.2) is 8.42 Å². The van der Waals surface area contributed by atoms with Gasteiger partial charge in [-0.15, -0.1) is 0 Å². The Kier molecular flexibility index (Phi) is 3.89. The first kappa shape index (κ1) is 15.3. The van der Waals surface area contributed by atoms with E-state index in [0.29, 0.717) is 22.7 Å². The summed E-state index contributed by atoms with van der Waals surface area (Å²) in [5, 5.41) is 3.14. The van der Waals surface area contributed by atoms with Crippen LogP contribution in [0.3, 0.4) is 0 Å². The fraction of sp³-hybridized carbons (Fsp3) is 0.562. The maximum atomic E-state index is 12.5. The largest absolute Gasteiger partial charge is 0.349 e. The Balaban J connectivity index is 1.76. The Morgan fingerprint density at radius 3 is 2.59 bits per heavy atom. The molecular weight excluding hydrogens is 300 g/mol. The van der Waals surface area contributed by atoms with Crippen molar-refractivity contribution in [3.05, 3.63) is 29.3 Å². The van der Waals surface area contributed by atoms with Gasteiger partial charge in [-0.1, -0.05) is 12.5 Å². The lowest BCUT2D eigenvalue weighted by Crippen LogP contribution is -2.38. The van der Waals surface area contributed by atoms with Gasteiger partial charge < -0.3 is 5.32 Å². The highest BCUT2D eigenvalue weighted by molar-refractivity contribution is 7.92. The third-order valence-corrected chi connectivity index (χ3v) is 5.52. The number of amides is 1. The minimum Gasteiger partial charge on any atom is -0.349 e. The number of benzene rings is 1. The number of hydrogen-bond acceptors (Lipinski definition) is 3. The van der Waals surface area contributed by atoms with Crippen LogP contribution in [0.1, 0.15) is 41.6 Å². The summed E-state index contributed by atoms with van der Waals surface area (Å²) in [5.41, 5.74) is 1.66. The van der Waals surface area contributed by atoms with Gasteiger partial charge >= 0.3 is 0 Å². The predicted octanol–water partition coefficient (Wildman–Crippen LogP) is 2.28. The van der Waals surface area contributed by atoms with Crippen LogP contribution in [-0.2, 0) is 10.0 Å². The molecule has 3 rings (SSSR count). The molecular formula is C16H22N2O3S. The van der Waals surface area contributed by atoms with Crippen LogP contribution >= 0.6 is 0 Å². The second-order valence-corrected chi connectivity index (χ2v) is 8.36. The van der Waals surface area contributed by atoms with Crippen LogP contribution in [-0.4, -0.2) is 26.6 Å². The van der Waals surface area contributed by atoms with Crippen molar-refractivity contribution in [3.8, 4) is 0 Å². The van der Waals surface area contributed by atoms with E-state index >= 15 is 0 Å². The fourth-order valence-electron chi connectivity index (χ4n) is 3.86. The molecule has 0 saturated heterocycles. The molecule has 2 N–H and O–H groups in total. The summed E-state index contributed by atoms with van der Waals surface area (Å²) in [6.07, 6.45) is 5.93. The Morgan fingerprint density at radius 1 is 1.23 bits per heavy atom. The molecule has 1 aromatic rings. The highest BCUT2D eigenvalue weighted by atomic mass is 32.2. The topological polar surface area (TPSA) is 75.3 Å². The molecule has 2 fully saturated rings. The summed E-state index contributed by atoms with van der Waals surface area (Å²) >= 11 is 0. The Morgan fingerprint density at radius 2 is 2.00 bits per heavy atom. The first-order valence-electron chi connectivity index (χ1n) is 7.72. The molecule has 2 bridgehead atoms. The van der Waals surface area contributed by atoms with Crippen LogP contribution in [0, 0.1) is 18.8 Å². The van der Waals surface area contributed by atoms with E-state index in [1.54, 1.807) is 25.1 Å². The summed E-state index contributed by atoms with van der Waals surface area (Å²) in [4.78, 5) is 12.5. The molecule has 5 nitrogen and oxygen atoms in total. The van der Waals surface area contributed by atoms with Gasteiger partial charge in [0.2, 0.25) is 10.0 Å². The van der Waals surface area contributed by atoms with Gasteiger partial charge in [0, 0.05) is 11.6 Å². The van der Waals surface area contributed by atoms with Gasteiger partial charge in [-0.3, -0.25) is 9.52 Å². The van der Waals surface area contributed by atoms with Crippen molar-refractivity contribution in [1.29, 1.82) is 0 Å². The molecule has 3 atom stereocenters. The third-order valence-electron chi connectivity index (χ3n) is 4.93. The zero-order valence-corrected chi connectivity index (χ0v) is 13.7. The van der Waals surface area contributed by atoms with E-state index in [1.165, 1.54) is 19.3 Å². The van der Waals surface area contributed by atoms with Crippen molar-refractivity contribution in [3.63, 3.8) is 0 Å². The maximum Gasteiger partial charge on any atom is 0.251 e. The lowest BCUT2D eigenvalue weighted by atomic mass is 9.95. The van der Waals surface area contributed by atoms with Crippen LogP contribution in [0.5, 0.6) is 0 Å². The van der Waals surface area contributed by atoms with Crippen LogP contribution < -0.4 is 10.0 Å². The zero-order valence-electron chi connectivity index (χ0n) is 12.9. The number of nitrogens with one attached hydrogen (secondary N) is 2. The highest BCUT2D eigenvalue weighted by Crippen LogP contribution is 2.44. The van der Waals surface area contributed by atoms with E-state index < -0.39 is 10.0 Å². The van der Waals surface area contributed by atoms with Gasteiger partial charge in [-0.05, 0) is 55.7 Å². The fourth-order valence-corrected chi connectivity index (χ4v) is 4.48. The van der Waals surface area contributed by atoms with E-state index in [1.807, 2.05) is 0 Å². The van der Waals surface area contributed by atoms with Gasteiger partial charge in [0.05, 0.1) is 11.9 Å². The summed E-state index contributed by atoms with van der Waals surface area (Å²) in [6.45, 7) is 1.77. The van der Waals surface area contributed by atoms with Gasteiger partial charge in [-0.2, -0.15) is 0 Å². The summed E-state index contributed by atoms with van der Waals surface area (Å²) in [7, 11) is -3.35. The van der Waals surface area contributed by atoms with Gasteiger partial charge in [0.25, 0.3) is 5.91 Å². The second kappa shape index (κ2) is 5.57.